The van der Waals surface area contributed by atoms with Crippen LogP contribution in [0.2, 0.25) is 0 Å². The molecule has 136 valence electrons. The average molecular weight is 358 g/mol. The summed E-state index contributed by atoms with van der Waals surface area (Å²) in [5.41, 5.74) is 2.63. The summed E-state index contributed by atoms with van der Waals surface area (Å²) in [5, 5.41) is 2.60. The summed E-state index contributed by atoms with van der Waals surface area (Å²) in [6.07, 6.45) is 2.28. The van der Waals surface area contributed by atoms with E-state index in [9.17, 15) is 9.59 Å². The fourth-order valence-electron chi connectivity index (χ4n) is 3.24. The van der Waals surface area contributed by atoms with Crippen molar-refractivity contribution in [3.05, 3.63) is 41.5 Å². The maximum Gasteiger partial charge on any atom is 0.325 e. The van der Waals surface area contributed by atoms with Crippen molar-refractivity contribution in [2.24, 2.45) is 0 Å². The first-order chi connectivity index (χ1) is 12.7. The standard InChI is InChI=1S/C17H18N4O5/c1-24-14(22)7-18-17(23)21-5-4-11-15(20-8-19-11)16(21)10-2-3-12-13(6-10)26-9-25-12/h2-3,6,8,16H,4-5,7,9H2,1H3,(H,18,23)(H,19,20)/t16-/m1/s1. The lowest BCUT2D eigenvalue weighted by atomic mass is 9.95. The van der Waals surface area contributed by atoms with Crippen LogP contribution in [-0.2, 0) is 16.0 Å². The second-order valence-electron chi connectivity index (χ2n) is 5.96. The minimum Gasteiger partial charge on any atom is -0.468 e. The van der Waals surface area contributed by atoms with Gasteiger partial charge in [0.2, 0.25) is 6.79 Å². The molecule has 2 aliphatic heterocycles. The summed E-state index contributed by atoms with van der Waals surface area (Å²) in [4.78, 5) is 33.2. The number of hydrogen-bond acceptors (Lipinski definition) is 6. The number of aromatic nitrogens is 2. The number of benzene rings is 1. The molecule has 2 aliphatic rings. The van der Waals surface area contributed by atoms with E-state index in [0.717, 1.165) is 17.0 Å². The van der Waals surface area contributed by atoms with Gasteiger partial charge in [0.1, 0.15) is 12.6 Å². The van der Waals surface area contributed by atoms with Crippen LogP contribution >= 0.6 is 0 Å². The van der Waals surface area contributed by atoms with Crippen LogP contribution in [-0.4, -0.2) is 53.9 Å². The predicted molar refractivity (Wildman–Crippen MR) is 88.8 cm³/mol. The van der Waals surface area contributed by atoms with Crippen LogP contribution in [0.5, 0.6) is 11.5 Å². The van der Waals surface area contributed by atoms with E-state index in [2.05, 4.69) is 20.0 Å². The molecule has 1 aromatic heterocycles. The molecule has 26 heavy (non-hydrogen) atoms. The first-order valence-corrected chi connectivity index (χ1v) is 8.20. The van der Waals surface area contributed by atoms with E-state index in [1.807, 2.05) is 18.2 Å². The Bertz CT molecular complexity index is 849. The van der Waals surface area contributed by atoms with Crippen molar-refractivity contribution in [2.75, 3.05) is 27.0 Å². The van der Waals surface area contributed by atoms with Crippen LogP contribution in [0.15, 0.2) is 24.5 Å². The fourth-order valence-corrected chi connectivity index (χ4v) is 3.24. The molecule has 9 nitrogen and oxygen atoms in total. The number of amides is 2. The maximum absolute atomic E-state index is 12.7. The van der Waals surface area contributed by atoms with Crippen molar-refractivity contribution < 1.29 is 23.8 Å². The van der Waals surface area contributed by atoms with Gasteiger partial charge in [-0.2, -0.15) is 0 Å². The number of rotatable bonds is 3. The number of hydrogen-bond donors (Lipinski definition) is 2. The number of nitrogens with zero attached hydrogens (tertiary/aromatic N) is 2. The number of fused-ring (bicyclic) bond motifs is 2. The van der Waals surface area contributed by atoms with Crippen molar-refractivity contribution in [3.63, 3.8) is 0 Å². The van der Waals surface area contributed by atoms with Crippen LogP contribution < -0.4 is 14.8 Å². The number of methoxy groups -OCH3 is 1. The molecule has 0 radical (unpaired) electrons. The molecule has 3 heterocycles. The van der Waals surface area contributed by atoms with Crippen molar-refractivity contribution >= 4 is 12.0 Å². The number of H-pyrrole nitrogens is 1. The van der Waals surface area contributed by atoms with Gasteiger partial charge in [-0.25, -0.2) is 9.78 Å². The van der Waals surface area contributed by atoms with Gasteiger partial charge >= 0.3 is 12.0 Å². The summed E-state index contributed by atoms with van der Waals surface area (Å²) in [5.74, 6) is 0.809. The SMILES string of the molecule is COC(=O)CNC(=O)N1CCc2[nH]cnc2[C@H]1c1ccc2c(c1)OCO2. The van der Waals surface area contributed by atoms with Gasteiger partial charge in [-0.15, -0.1) is 0 Å². The third-order valence-corrected chi connectivity index (χ3v) is 4.51. The zero-order chi connectivity index (χ0) is 18.1. The molecule has 0 saturated carbocycles. The Balaban J connectivity index is 1.65. The normalized spacial score (nSPS) is 17.6. The molecule has 2 N–H and O–H groups in total. The first-order valence-electron chi connectivity index (χ1n) is 8.20. The minimum absolute atomic E-state index is 0.181. The van der Waals surface area contributed by atoms with Gasteiger partial charge in [-0.3, -0.25) is 4.79 Å². The second kappa shape index (κ2) is 6.58. The Morgan fingerprint density at radius 1 is 1.38 bits per heavy atom. The number of carbonyl (C=O) groups is 2. The molecule has 2 aromatic rings. The highest BCUT2D eigenvalue weighted by Crippen LogP contribution is 2.39. The Kier molecular flexibility index (Phi) is 4.11. The molecule has 9 heteroatoms. The molecule has 2 amide bonds. The van der Waals surface area contributed by atoms with E-state index in [-0.39, 0.29) is 19.4 Å². The van der Waals surface area contributed by atoms with Crippen LogP contribution in [0.25, 0.3) is 0 Å². The number of imidazole rings is 1. The summed E-state index contributed by atoms with van der Waals surface area (Å²) < 4.78 is 15.4. The molecular weight excluding hydrogens is 340 g/mol. The fraction of sp³-hybridized carbons (Fsp3) is 0.353. The van der Waals surface area contributed by atoms with Crippen LogP contribution in [0.3, 0.4) is 0 Å². The van der Waals surface area contributed by atoms with Gasteiger partial charge in [0.05, 0.1) is 19.1 Å². The van der Waals surface area contributed by atoms with Crippen molar-refractivity contribution in [3.8, 4) is 11.5 Å². The van der Waals surface area contributed by atoms with E-state index >= 15 is 0 Å². The lowest BCUT2D eigenvalue weighted by molar-refractivity contribution is -0.139. The van der Waals surface area contributed by atoms with Crippen molar-refractivity contribution in [1.82, 2.24) is 20.2 Å². The van der Waals surface area contributed by atoms with E-state index < -0.39 is 12.0 Å². The third-order valence-electron chi connectivity index (χ3n) is 4.51. The van der Waals surface area contributed by atoms with E-state index in [1.54, 1.807) is 11.2 Å². The molecular formula is C17H18N4O5. The summed E-state index contributed by atoms with van der Waals surface area (Å²) in [7, 11) is 1.28. The highest BCUT2D eigenvalue weighted by atomic mass is 16.7. The topological polar surface area (TPSA) is 106 Å². The second-order valence-corrected chi connectivity index (χ2v) is 5.96. The van der Waals surface area contributed by atoms with Gasteiger partial charge in [-0.1, -0.05) is 6.07 Å². The van der Waals surface area contributed by atoms with Crippen molar-refractivity contribution in [1.29, 1.82) is 0 Å². The largest absolute Gasteiger partial charge is 0.468 e. The van der Waals surface area contributed by atoms with Crippen LogP contribution in [0, 0.1) is 0 Å². The van der Waals surface area contributed by atoms with Gasteiger partial charge in [-0.05, 0) is 17.7 Å². The zero-order valence-corrected chi connectivity index (χ0v) is 14.2. The maximum atomic E-state index is 12.7. The Hall–Kier alpha value is -3.23. The predicted octanol–water partition coefficient (Wildman–Crippen LogP) is 0.968. The third kappa shape index (κ3) is 2.81. The summed E-state index contributed by atoms with van der Waals surface area (Å²) in [6, 6.07) is 4.83. The molecule has 4 rings (SSSR count). The Morgan fingerprint density at radius 2 is 2.23 bits per heavy atom. The van der Waals surface area contributed by atoms with Gasteiger partial charge in [0.15, 0.2) is 11.5 Å². The lowest BCUT2D eigenvalue weighted by Gasteiger charge is -2.35. The highest BCUT2D eigenvalue weighted by molar-refractivity contribution is 5.81. The number of aromatic amines is 1. The quantitative estimate of drug-likeness (QED) is 0.792. The van der Waals surface area contributed by atoms with Crippen LogP contribution in [0.1, 0.15) is 23.0 Å². The zero-order valence-electron chi connectivity index (χ0n) is 14.2. The monoisotopic (exact) mass is 358 g/mol. The first kappa shape index (κ1) is 16.2. The number of carbonyl (C=O) groups excluding carboxylic acids is 2. The number of urea groups is 1. The average Bonchev–Trinajstić information content (AvgIpc) is 3.32. The molecule has 0 saturated heterocycles. The smallest absolute Gasteiger partial charge is 0.325 e. The minimum atomic E-state index is -0.504. The Labute approximate surface area is 149 Å². The molecule has 0 aliphatic carbocycles. The number of ether oxygens (including phenoxy) is 3. The number of nitrogens with one attached hydrogen (secondary N) is 2. The van der Waals surface area contributed by atoms with E-state index in [4.69, 9.17) is 9.47 Å². The van der Waals surface area contributed by atoms with E-state index in [0.29, 0.717) is 24.5 Å². The molecule has 0 fully saturated rings. The summed E-state index contributed by atoms with van der Waals surface area (Å²) in [6.45, 7) is 0.481. The van der Waals surface area contributed by atoms with Gasteiger partial charge < -0.3 is 29.4 Å². The summed E-state index contributed by atoms with van der Waals surface area (Å²) >= 11 is 0. The molecule has 0 spiro atoms. The van der Waals surface area contributed by atoms with Crippen molar-refractivity contribution in [2.45, 2.75) is 12.5 Å². The molecule has 0 unspecified atom stereocenters. The lowest BCUT2D eigenvalue weighted by Crippen LogP contribution is -2.47. The van der Waals surface area contributed by atoms with E-state index in [1.165, 1.54) is 7.11 Å². The van der Waals surface area contributed by atoms with Crippen LogP contribution in [0.4, 0.5) is 4.79 Å². The Morgan fingerprint density at radius 3 is 3.08 bits per heavy atom. The molecule has 0 bridgehead atoms. The highest BCUT2D eigenvalue weighted by Gasteiger charge is 2.35. The van der Waals surface area contributed by atoms with Gasteiger partial charge in [0.25, 0.3) is 0 Å². The van der Waals surface area contributed by atoms with Gasteiger partial charge in [0, 0.05) is 18.7 Å². The molecule has 1 atom stereocenters. The number of esters is 1. The molecule has 1 aromatic carbocycles.